The van der Waals surface area contributed by atoms with E-state index in [2.05, 4.69) is 0 Å². The van der Waals surface area contributed by atoms with Crippen LogP contribution in [0.5, 0.6) is 0 Å². The second kappa shape index (κ2) is 5.63. The molecule has 98 valence electrons. The van der Waals surface area contributed by atoms with Crippen molar-refractivity contribution >= 4 is 29.2 Å². The zero-order chi connectivity index (χ0) is 13.9. The summed E-state index contributed by atoms with van der Waals surface area (Å²) in [6, 6.07) is 1.64. The lowest BCUT2D eigenvalue weighted by Crippen LogP contribution is -2.39. The first kappa shape index (κ1) is 14.2. The number of hydrogen-bond donors (Lipinski definition) is 2. The molecular formula is C11H13NO5S. The van der Waals surface area contributed by atoms with Crippen LogP contribution < -0.4 is 0 Å². The number of carbonyl (C=O) groups excluding carboxylic acids is 1. The predicted molar refractivity (Wildman–Crippen MR) is 65.0 cm³/mol. The highest BCUT2D eigenvalue weighted by Gasteiger charge is 2.23. The number of amides is 1. The minimum Gasteiger partial charge on any atom is -0.480 e. The fourth-order valence-corrected chi connectivity index (χ4v) is 2.46. The molecule has 0 saturated carbocycles. The van der Waals surface area contributed by atoms with E-state index in [1.165, 1.54) is 11.3 Å². The van der Waals surface area contributed by atoms with Crippen molar-refractivity contribution < 1.29 is 24.6 Å². The molecule has 7 heteroatoms. The van der Waals surface area contributed by atoms with Gasteiger partial charge in [-0.2, -0.15) is 0 Å². The minimum absolute atomic E-state index is 0.361. The van der Waals surface area contributed by atoms with Gasteiger partial charge in [0.05, 0.1) is 5.56 Å². The lowest BCUT2D eigenvalue weighted by molar-refractivity contribution is -0.140. The van der Waals surface area contributed by atoms with Crippen LogP contribution in [0.3, 0.4) is 0 Å². The number of carbonyl (C=O) groups is 3. The molecule has 0 aliphatic rings. The number of carboxylic acid groups (broad SMARTS) is 2. The van der Waals surface area contributed by atoms with Gasteiger partial charge in [0.25, 0.3) is 5.91 Å². The smallest absolute Gasteiger partial charge is 0.323 e. The van der Waals surface area contributed by atoms with E-state index in [0.717, 1.165) is 14.7 Å². The molecule has 1 amide bonds. The molecule has 0 saturated heterocycles. The molecule has 0 fully saturated rings. The van der Waals surface area contributed by atoms with E-state index in [4.69, 9.17) is 10.2 Å². The highest BCUT2D eigenvalue weighted by atomic mass is 32.1. The normalized spacial score (nSPS) is 10.1. The summed E-state index contributed by atoms with van der Waals surface area (Å²) in [7, 11) is 0. The number of carboxylic acids is 2. The second-order valence-corrected chi connectivity index (χ2v) is 5.24. The Hall–Kier alpha value is -1.89. The molecule has 1 rings (SSSR count). The average molecular weight is 271 g/mol. The highest BCUT2D eigenvalue weighted by Crippen LogP contribution is 2.21. The molecule has 0 aliphatic heterocycles. The van der Waals surface area contributed by atoms with Crippen molar-refractivity contribution in [3.8, 4) is 0 Å². The summed E-state index contributed by atoms with van der Waals surface area (Å²) in [5.74, 6) is -3.05. The molecule has 0 aromatic carbocycles. The molecule has 0 unspecified atom stereocenters. The molecule has 1 heterocycles. The molecule has 0 spiro atoms. The molecule has 18 heavy (non-hydrogen) atoms. The van der Waals surface area contributed by atoms with Gasteiger partial charge in [0.2, 0.25) is 0 Å². The van der Waals surface area contributed by atoms with Crippen molar-refractivity contribution in [2.75, 3.05) is 13.1 Å². The summed E-state index contributed by atoms with van der Waals surface area (Å²) in [5.41, 5.74) is 0.361. The van der Waals surface area contributed by atoms with Gasteiger partial charge in [-0.3, -0.25) is 14.4 Å². The summed E-state index contributed by atoms with van der Waals surface area (Å²) in [4.78, 5) is 35.8. The van der Waals surface area contributed by atoms with Crippen LogP contribution >= 0.6 is 11.3 Å². The van der Waals surface area contributed by atoms with E-state index in [1.807, 2.05) is 6.92 Å². The highest BCUT2D eigenvalue weighted by molar-refractivity contribution is 7.12. The molecule has 0 atom stereocenters. The Labute approximate surface area is 107 Å². The van der Waals surface area contributed by atoms with Gasteiger partial charge in [-0.15, -0.1) is 11.3 Å². The van der Waals surface area contributed by atoms with Gasteiger partial charge in [-0.05, 0) is 19.9 Å². The van der Waals surface area contributed by atoms with Gasteiger partial charge >= 0.3 is 11.9 Å². The number of rotatable bonds is 5. The summed E-state index contributed by atoms with van der Waals surface area (Å²) < 4.78 is 0. The Balaban J connectivity index is 2.97. The molecule has 0 bridgehead atoms. The maximum Gasteiger partial charge on any atom is 0.323 e. The van der Waals surface area contributed by atoms with Crippen LogP contribution in [0.2, 0.25) is 0 Å². The second-order valence-electron chi connectivity index (χ2n) is 3.78. The summed E-state index contributed by atoms with van der Waals surface area (Å²) >= 11 is 1.41. The van der Waals surface area contributed by atoms with Crippen molar-refractivity contribution in [3.63, 3.8) is 0 Å². The standard InChI is InChI=1S/C11H13NO5S/c1-6-3-8(7(2)18-6)11(17)12(4-9(13)14)5-10(15)16/h3H,4-5H2,1-2H3,(H,13,14)(H,15,16). The van der Waals surface area contributed by atoms with E-state index in [0.29, 0.717) is 5.56 Å². The van der Waals surface area contributed by atoms with Gasteiger partial charge in [0, 0.05) is 9.75 Å². The van der Waals surface area contributed by atoms with E-state index in [1.54, 1.807) is 13.0 Å². The predicted octanol–water partition coefficient (Wildman–Crippen LogP) is 0.976. The van der Waals surface area contributed by atoms with Crippen LogP contribution in [-0.4, -0.2) is 46.0 Å². The SMILES string of the molecule is Cc1cc(C(=O)N(CC(=O)O)CC(=O)O)c(C)s1. The number of hydrogen-bond acceptors (Lipinski definition) is 4. The van der Waals surface area contributed by atoms with Crippen molar-refractivity contribution in [1.29, 1.82) is 0 Å². The van der Waals surface area contributed by atoms with Crippen molar-refractivity contribution in [1.82, 2.24) is 4.90 Å². The van der Waals surface area contributed by atoms with Gasteiger partial charge in [0.15, 0.2) is 0 Å². The first-order valence-corrected chi connectivity index (χ1v) is 5.92. The van der Waals surface area contributed by atoms with Gasteiger partial charge in [-0.25, -0.2) is 0 Å². The quantitative estimate of drug-likeness (QED) is 0.832. The van der Waals surface area contributed by atoms with E-state index >= 15 is 0 Å². The Morgan fingerprint density at radius 1 is 1.17 bits per heavy atom. The third-order valence-electron chi connectivity index (χ3n) is 2.21. The Bertz CT molecular complexity index is 478. The van der Waals surface area contributed by atoms with Crippen LogP contribution in [0, 0.1) is 13.8 Å². The fourth-order valence-electron chi connectivity index (χ4n) is 1.54. The minimum atomic E-state index is -1.24. The largest absolute Gasteiger partial charge is 0.480 e. The summed E-state index contributed by atoms with van der Waals surface area (Å²) in [6.07, 6.45) is 0. The summed E-state index contributed by atoms with van der Waals surface area (Å²) in [6.45, 7) is 2.32. The molecule has 0 radical (unpaired) electrons. The molecule has 0 aliphatic carbocycles. The fraction of sp³-hybridized carbons (Fsp3) is 0.364. The third kappa shape index (κ3) is 3.56. The molecule has 6 nitrogen and oxygen atoms in total. The van der Waals surface area contributed by atoms with Crippen molar-refractivity contribution in [2.45, 2.75) is 13.8 Å². The molecule has 2 N–H and O–H groups in total. The van der Waals surface area contributed by atoms with Crippen LogP contribution in [0.15, 0.2) is 6.07 Å². The average Bonchev–Trinajstić information content (AvgIpc) is 2.54. The number of thiophene rings is 1. The molecular weight excluding hydrogens is 258 g/mol. The van der Waals surface area contributed by atoms with E-state index in [-0.39, 0.29) is 0 Å². The number of aliphatic carboxylic acids is 2. The van der Waals surface area contributed by atoms with Gasteiger partial charge < -0.3 is 15.1 Å². The van der Waals surface area contributed by atoms with E-state index < -0.39 is 30.9 Å². The maximum atomic E-state index is 12.1. The van der Waals surface area contributed by atoms with Gasteiger partial charge in [0.1, 0.15) is 13.1 Å². The Morgan fingerprint density at radius 2 is 1.67 bits per heavy atom. The van der Waals surface area contributed by atoms with Gasteiger partial charge in [-0.1, -0.05) is 0 Å². The zero-order valence-electron chi connectivity index (χ0n) is 9.97. The third-order valence-corrected chi connectivity index (χ3v) is 3.18. The lowest BCUT2D eigenvalue weighted by atomic mass is 10.2. The number of aryl methyl sites for hydroxylation is 2. The van der Waals surface area contributed by atoms with E-state index in [9.17, 15) is 14.4 Å². The monoisotopic (exact) mass is 271 g/mol. The first-order chi connectivity index (χ1) is 8.31. The molecule has 1 aromatic rings. The first-order valence-electron chi connectivity index (χ1n) is 5.11. The summed E-state index contributed by atoms with van der Waals surface area (Å²) in [5, 5.41) is 17.4. The van der Waals surface area contributed by atoms with Crippen LogP contribution in [0.1, 0.15) is 20.1 Å². The topological polar surface area (TPSA) is 94.9 Å². The molecule has 1 aromatic heterocycles. The lowest BCUT2D eigenvalue weighted by Gasteiger charge is -2.18. The van der Waals surface area contributed by atoms with Crippen molar-refractivity contribution in [2.24, 2.45) is 0 Å². The van der Waals surface area contributed by atoms with Crippen LogP contribution in [0.4, 0.5) is 0 Å². The number of nitrogens with zero attached hydrogens (tertiary/aromatic N) is 1. The van der Waals surface area contributed by atoms with Crippen LogP contribution in [-0.2, 0) is 9.59 Å². The van der Waals surface area contributed by atoms with Crippen LogP contribution in [0.25, 0.3) is 0 Å². The maximum absolute atomic E-state index is 12.1. The Kier molecular flexibility index (Phi) is 4.43. The Morgan fingerprint density at radius 3 is 2.00 bits per heavy atom. The zero-order valence-corrected chi connectivity index (χ0v) is 10.8. The van der Waals surface area contributed by atoms with Crippen molar-refractivity contribution in [3.05, 3.63) is 21.4 Å².